The van der Waals surface area contributed by atoms with E-state index in [-0.39, 0.29) is 22.1 Å². The quantitative estimate of drug-likeness (QED) is 0.822. The highest BCUT2D eigenvalue weighted by Gasteiger charge is 2.17. The minimum Gasteiger partial charge on any atom is -0.352 e. The van der Waals surface area contributed by atoms with E-state index in [0.29, 0.717) is 6.54 Å². The minimum atomic E-state index is -4.05. The van der Waals surface area contributed by atoms with Crippen LogP contribution >= 0.6 is 0 Å². The molecule has 1 amide bonds. The molecule has 0 aliphatic heterocycles. The van der Waals surface area contributed by atoms with Gasteiger partial charge in [0.15, 0.2) is 11.6 Å². The first-order valence-electron chi connectivity index (χ1n) is 7.55. The topological polar surface area (TPSA) is 75.3 Å². The van der Waals surface area contributed by atoms with Crippen molar-refractivity contribution in [3.63, 3.8) is 0 Å². The zero-order valence-electron chi connectivity index (χ0n) is 13.7. The number of hydrogen-bond acceptors (Lipinski definition) is 3. The number of anilines is 1. The number of carbonyl (C=O) groups is 1. The monoisotopic (exact) mass is 368 g/mol. The maximum atomic E-state index is 13.2. The van der Waals surface area contributed by atoms with E-state index in [9.17, 15) is 22.0 Å². The van der Waals surface area contributed by atoms with Crippen LogP contribution in [0.5, 0.6) is 0 Å². The highest BCUT2D eigenvalue weighted by Crippen LogP contribution is 2.19. The Morgan fingerprint density at radius 1 is 1.08 bits per heavy atom. The Bertz CT molecular complexity index is 883. The van der Waals surface area contributed by atoms with Gasteiger partial charge in [-0.15, -0.1) is 0 Å². The van der Waals surface area contributed by atoms with Gasteiger partial charge in [0.05, 0.1) is 10.6 Å². The van der Waals surface area contributed by atoms with Gasteiger partial charge in [0, 0.05) is 18.2 Å². The SMILES string of the molecule is CC(C)CNC(=O)c1cccc(S(=O)(=O)Nc2ccc(F)c(F)c2)c1. The number of rotatable bonds is 6. The lowest BCUT2D eigenvalue weighted by atomic mass is 10.2. The molecule has 0 bridgehead atoms. The second kappa shape index (κ2) is 7.60. The molecule has 8 heteroatoms. The summed E-state index contributed by atoms with van der Waals surface area (Å²) in [5.74, 6) is -2.38. The van der Waals surface area contributed by atoms with E-state index >= 15 is 0 Å². The first-order chi connectivity index (χ1) is 11.7. The van der Waals surface area contributed by atoms with Crippen LogP contribution in [0, 0.1) is 17.6 Å². The molecule has 0 heterocycles. The molecule has 25 heavy (non-hydrogen) atoms. The Morgan fingerprint density at radius 3 is 2.44 bits per heavy atom. The van der Waals surface area contributed by atoms with Crippen molar-refractivity contribution < 1.29 is 22.0 Å². The molecule has 0 unspecified atom stereocenters. The molecule has 0 saturated heterocycles. The predicted molar refractivity (Wildman–Crippen MR) is 90.8 cm³/mol. The highest BCUT2D eigenvalue weighted by atomic mass is 32.2. The number of sulfonamides is 1. The van der Waals surface area contributed by atoms with E-state index in [0.717, 1.165) is 18.2 Å². The molecule has 0 fully saturated rings. The molecule has 2 aromatic rings. The van der Waals surface area contributed by atoms with Crippen LogP contribution in [0.1, 0.15) is 24.2 Å². The zero-order valence-corrected chi connectivity index (χ0v) is 14.5. The van der Waals surface area contributed by atoms with Crippen LogP contribution in [-0.4, -0.2) is 20.9 Å². The van der Waals surface area contributed by atoms with Crippen molar-refractivity contribution in [1.82, 2.24) is 5.32 Å². The first-order valence-corrected chi connectivity index (χ1v) is 9.03. The molecule has 2 rings (SSSR count). The summed E-state index contributed by atoms with van der Waals surface area (Å²) in [4.78, 5) is 11.9. The molecule has 0 atom stereocenters. The average Bonchev–Trinajstić information content (AvgIpc) is 2.56. The van der Waals surface area contributed by atoms with Crippen LogP contribution in [0.25, 0.3) is 0 Å². The van der Waals surface area contributed by atoms with Crippen molar-refractivity contribution in [2.75, 3.05) is 11.3 Å². The Kier molecular flexibility index (Phi) is 5.73. The van der Waals surface area contributed by atoms with Crippen molar-refractivity contribution in [1.29, 1.82) is 0 Å². The fourth-order valence-electron chi connectivity index (χ4n) is 1.98. The summed E-state index contributed by atoms with van der Waals surface area (Å²) in [5, 5.41) is 2.70. The standard InChI is InChI=1S/C17H18F2N2O3S/c1-11(2)10-20-17(22)12-4-3-5-14(8-12)25(23,24)21-13-6-7-15(18)16(19)9-13/h3-9,11,21H,10H2,1-2H3,(H,20,22). The predicted octanol–water partition coefficient (Wildman–Crippen LogP) is 3.15. The number of amides is 1. The van der Waals surface area contributed by atoms with Crippen molar-refractivity contribution in [2.24, 2.45) is 5.92 Å². The van der Waals surface area contributed by atoms with Crippen LogP contribution in [0.4, 0.5) is 14.5 Å². The lowest BCUT2D eigenvalue weighted by Crippen LogP contribution is -2.27. The Balaban J connectivity index is 2.23. The number of hydrogen-bond donors (Lipinski definition) is 2. The van der Waals surface area contributed by atoms with E-state index in [1.807, 2.05) is 13.8 Å². The Labute approximate surface area is 145 Å². The van der Waals surface area contributed by atoms with Crippen molar-refractivity contribution in [2.45, 2.75) is 18.7 Å². The Hall–Kier alpha value is -2.48. The molecule has 0 radical (unpaired) electrons. The molecule has 0 spiro atoms. The number of halogens is 2. The van der Waals surface area contributed by atoms with Gasteiger partial charge >= 0.3 is 0 Å². The summed E-state index contributed by atoms with van der Waals surface area (Å²) in [6, 6.07) is 8.12. The second-order valence-electron chi connectivity index (χ2n) is 5.87. The summed E-state index contributed by atoms with van der Waals surface area (Å²) in [6.45, 7) is 4.34. The second-order valence-corrected chi connectivity index (χ2v) is 7.55. The summed E-state index contributed by atoms with van der Waals surface area (Å²) in [7, 11) is -4.05. The Morgan fingerprint density at radius 2 is 1.80 bits per heavy atom. The zero-order chi connectivity index (χ0) is 18.6. The molecular formula is C17H18F2N2O3S. The van der Waals surface area contributed by atoms with E-state index in [1.54, 1.807) is 0 Å². The molecule has 0 aliphatic carbocycles. The van der Waals surface area contributed by atoms with Gasteiger partial charge in [0.25, 0.3) is 15.9 Å². The van der Waals surface area contributed by atoms with Crippen molar-refractivity contribution >= 4 is 21.6 Å². The molecule has 0 saturated carbocycles. The maximum absolute atomic E-state index is 13.2. The van der Waals surface area contributed by atoms with Gasteiger partial charge < -0.3 is 5.32 Å². The van der Waals surface area contributed by atoms with Gasteiger partial charge in [0.1, 0.15) is 0 Å². The van der Waals surface area contributed by atoms with Crippen LogP contribution in [-0.2, 0) is 10.0 Å². The van der Waals surface area contributed by atoms with E-state index in [1.165, 1.54) is 24.3 Å². The molecule has 5 nitrogen and oxygen atoms in total. The lowest BCUT2D eigenvalue weighted by molar-refractivity contribution is 0.0949. The molecule has 2 aromatic carbocycles. The van der Waals surface area contributed by atoms with Crippen LogP contribution in [0.3, 0.4) is 0 Å². The molecular weight excluding hydrogens is 350 g/mol. The average molecular weight is 368 g/mol. The molecule has 0 aliphatic rings. The number of nitrogens with one attached hydrogen (secondary N) is 2. The maximum Gasteiger partial charge on any atom is 0.261 e. The molecule has 134 valence electrons. The lowest BCUT2D eigenvalue weighted by Gasteiger charge is -2.11. The normalized spacial score (nSPS) is 11.4. The summed E-state index contributed by atoms with van der Waals surface area (Å²) >= 11 is 0. The van der Waals surface area contributed by atoms with Crippen LogP contribution in [0.2, 0.25) is 0 Å². The fraction of sp³-hybridized carbons (Fsp3) is 0.235. The summed E-state index contributed by atoms with van der Waals surface area (Å²) in [6.07, 6.45) is 0. The van der Waals surface area contributed by atoms with Gasteiger partial charge in [-0.05, 0) is 36.2 Å². The molecule has 0 aromatic heterocycles. The third kappa shape index (κ3) is 4.99. The van der Waals surface area contributed by atoms with Crippen LogP contribution < -0.4 is 10.0 Å². The van der Waals surface area contributed by atoms with Gasteiger partial charge in [-0.2, -0.15) is 0 Å². The van der Waals surface area contributed by atoms with E-state index in [4.69, 9.17) is 0 Å². The first kappa shape index (κ1) is 18.9. The van der Waals surface area contributed by atoms with Crippen molar-refractivity contribution in [3.05, 3.63) is 59.7 Å². The summed E-state index contributed by atoms with van der Waals surface area (Å²) in [5.41, 5.74) is 0.0716. The van der Waals surface area contributed by atoms with Crippen molar-refractivity contribution in [3.8, 4) is 0 Å². The van der Waals surface area contributed by atoms with Gasteiger partial charge in [0.2, 0.25) is 0 Å². The summed E-state index contributed by atoms with van der Waals surface area (Å²) < 4.78 is 53.1. The minimum absolute atomic E-state index is 0.117. The fourth-order valence-corrected chi connectivity index (χ4v) is 3.07. The highest BCUT2D eigenvalue weighted by molar-refractivity contribution is 7.92. The van der Waals surface area contributed by atoms with E-state index in [2.05, 4.69) is 10.0 Å². The third-order valence-corrected chi connectivity index (χ3v) is 4.63. The van der Waals surface area contributed by atoms with Gasteiger partial charge in [-0.1, -0.05) is 19.9 Å². The van der Waals surface area contributed by atoms with E-state index < -0.39 is 27.6 Å². The van der Waals surface area contributed by atoms with Crippen LogP contribution in [0.15, 0.2) is 47.4 Å². The largest absolute Gasteiger partial charge is 0.352 e. The third-order valence-electron chi connectivity index (χ3n) is 3.25. The number of benzene rings is 2. The van der Waals surface area contributed by atoms with Gasteiger partial charge in [-0.25, -0.2) is 17.2 Å². The smallest absolute Gasteiger partial charge is 0.261 e. The number of carbonyl (C=O) groups excluding carboxylic acids is 1. The van der Waals surface area contributed by atoms with Gasteiger partial charge in [-0.3, -0.25) is 9.52 Å². The molecule has 2 N–H and O–H groups in total.